The fourth-order valence-corrected chi connectivity index (χ4v) is 3.09. The second-order valence-corrected chi connectivity index (χ2v) is 5.70. The minimum atomic E-state index is 0.696. The Hall–Kier alpha value is -1.18. The molecule has 2 N–H and O–H groups in total. The minimum absolute atomic E-state index is 0.696. The Kier molecular flexibility index (Phi) is 1.97. The standard InChI is InChI=1S/C14H20N2/c1-10-7-13(11(2)6-12(10)15)16-8-14(9-16)4-3-5-14/h6-7H,3-5,8-9,15H2,1-2H3. The number of nitrogens with two attached hydrogens (primary N) is 1. The predicted molar refractivity (Wildman–Crippen MR) is 68.8 cm³/mol. The van der Waals surface area contributed by atoms with Crippen molar-refractivity contribution >= 4 is 11.4 Å². The van der Waals surface area contributed by atoms with Crippen LogP contribution in [0.4, 0.5) is 11.4 Å². The zero-order valence-corrected chi connectivity index (χ0v) is 10.2. The van der Waals surface area contributed by atoms with Crippen molar-refractivity contribution in [2.45, 2.75) is 33.1 Å². The van der Waals surface area contributed by atoms with E-state index in [4.69, 9.17) is 5.73 Å². The molecular weight excluding hydrogens is 196 g/mol. The molecule has 3 rings (SSSR count). The van der Waals surface area contributed by atoms with E-state index in [-0.39, 0.29) is 0 Å². The molecule has 1 saturated carbocycles. The van der Waals surface area contributed by atoms with Gasteiger partial charge in [-0.2, -0.15) is 0 Å². The van der Waals surface area contributed by atoms with E-state index >= 15 is 0 Å². The van der Waals surface area contributed by atoms with Crippen molar-refractivity contribution in [3.8, 4) is 0 Å². The first-order chi connectivity index (χ1) is 7.60. The van der Waals surface area contributed by atoms with Crippen LogP contribution in [0.1, 0.15) is 30.4 Å². The SMILES string of the molecule is Cc1cc(N2CC3(CCC3)C2)c(C)cc1N. The molecule has 0 unspecified atom stereocenters. The Morgan fingerprint density at radius 3 is 2.38 bits per heavy atom. The molecule has 0 radical (unpaired) electrons. The van der Waals surface area contributed by atoms with Gasteiger partial charge in [0.25, 0.3) is 0 Å². The summed E-state index contributed by atoms with van der Waals surface area (Å²) in [5.41, 5.74) is 11.4. The molecule has 1 spiro atoms. The Labute approximate surface area is 97.4 Å². The molecule has 1 saturated heterocycles. The van der Waals surface area contributed by atoms with E-state index in [1.54, 1.807) is 0 Å². The molecule has 2 nitrogen and oxygen atoms in total. The van der Waals surface area contributed by atoms with Crippen LogP contribution >= 0.6 is 0 Å². The lowest BCUT2D eigenvalue weighted by atomic mass is 9.63. The van der Waals surface area contributed by atoms with Gasteiger partial charge in [0.1, 0.15) is 0 Å². The van der Waals surface area contributed by atoms with E-state index in [0.29, 0.717) is 5.41 Å². The Balaban J connectivity index is 1.83. The molecule has 86 valence electrons. The fraction of sp³-hybridized carbons (Fsp3) is 0.571. The number of benzene rings is 1. The van der Waals surface area contributed by atoms with E-state index in [0.717, 1.165) is 5.69 Å². The molecule has 16 heavy (non-hydrogen) atoms. The van der Waals surface area contributed by atoms with E-state index in [1.807, 2.05) is 0 Å². The van der Waals surface area contributed by atoms with Crippen LogP contribution in [0.25, 0.3) is 0 Å². The lowest BCUT2D eigenvalue weighted by molar-refractivity contribution is 0.0903. The number of nitrogen functional groups attached to an aromatic ring is 1. The summed E-state index contributed by atoms with van der Waals surface area (Å²) in [4.78, 5) is 2.51. The summed E-state index contributed by atoms with van der Waals surface area (Å²) < 4.78 is 0. The number of hydrogen-bond donors (Lipinski definition) is 1. The summed E-state index contributed by atoms with van der Waals surface area (Å²) in [6.45, 7) is 6.78. The third-order valence-corrected chi connectivity index (χ3v) is 4.39. The van der Waals surface area contributed by atoms with E-state index in [9.17, 15) is 0 Å². The number of anilines is 2. The summed E-state index contributed by atoms with van der Waals surface area (Å²) in [6.07, 6.45) is 4.32. The van der Waals surface area contributed by atoms with Crippen LogP contribution < -0.4 is 10.6 Å². The first-order valence-electron chi connectivity index (χ1n) is 6.21. The van der Waals surface area contributed by atoms with Gasteiger partial charge in [-0.05, 0) is 49.9 Å². The molecule has 1 aromatic rings. The van der Waals surface area contributed by atoms with Crippen LogP contribution in [-0.4, -0.2) is 13.1 Å². The second kappa shape index (κ2) is 3.16. The summed E-state index contributed by atoms with van der Waals surface area (Å²) >= 11 is 0. The third kappa shape index (κ3) is 1.32. The van der Waals surface area contributed by atoms with E-state index < -0.39 is 0 Å². The maximum atomic E-state index is 5.92. The molecule has 0 atom stereocenters. The zero-order chi connectivity index (χ0) is 11.3. The molecular formula is C14H20N2. The highest BCUT2D eigenvalue weighted by atomic mass is 15.2. The molecule has 1 aromatic carbocycles. The highest BCUT2D eigenvalue weighted by molar-refractivity contribution is 5.64. The van der Waals surface area contributed by atoms with Gasteiger partial charge < -0.3 is 10.6 Å². The normalized spacial score (nSPS) is 21.8. The Bertz CT molecular complexity index is 425. The van der Waals surface area contributed by atoms with Gasteiger partial charge in [0.05, 0.1) is 0 Å². The van der Waals surface area contributed by atoms with Gasteiger partial charge in [-0.1, -0.05) is 6.42 Å². The monoisotopic (exact) mass is 216 g/mol. The average molecular weight is 216 g/mol. The topological polar surface area (TPSA) is 29.3 Å². The van der Waals surface area contributed by atoms with Crippen LogP contribution in [0.15, 0.2) is 12.1 Å². The van der Waals surface area contributed by atoms with Crippen LogP contribution in [0.5, 0.6) is 0 Å². The molecule has 2 aliphatic rings. The number of rotatable bonds is 1. The summed E-state index contributed by atoms with van der Waals surface area (Å²) in [7, 11) is 0. The van der Waals surface area contributed by atoms with Crippen molar-refractivity contribution in [1.82, 2.24) is 0 Å². The van der Waals surface area contributed by atoms with Crippen LogP contribution in [0.3, 0.4) is 0 Å². The Morgan fingerprint density at radius 2 is 1.81 bits per heavy atom. The van der Waals surface area contributed by atoms with Gasteiger partial charge in [0.15, 0.2) is 0 Å². The molecule has 1 heterocycles. The molecule has 0 aromatic heterocycles. The van der Waals surface area contributed by atoms with Gasteiger partial charge in [0, 0.05) is 29.9 Å². The molecule has 2 fully saturated rings. The average Bonchev–Trinajstić information content (AvgIpc) is 2.08. The maximum Gasteiger partial charge on any atom is 0.0400 e. The quantitative estimate of drug-likeness (QED) is 0.731. The molecule has 0 bridgehead atoms. The fourth-order valence-electron chi connectivity index (χ4n) is 3.09. The van der Waals surface area contributed by atoms with Crippen molar-refractivity contribution in [2.75, 3.05) is 23.7 Å². The van der Waals surface area contributed by atoms with Gasteiger partial charge in [0.2, 0.25) is 0 Å². The lowest BCUT2D eigenvalue weighted by Crippen LogP contribution is -2.60. The number of hydrogen-bond acceptors (Lipinski definition) is 2. The third-order valence-electron chi connectivity index (χ3n) is 4.39. The van der Waals surface area contributed by atoms with Crippen molar-refractivity contribution in [3.63, 3.8) is 0 Å². The van der Waals surface area contributed by atoms with Crippen molar-refractivity contribution < 1.29 is 0 Å². The van der Waals surface area contributed by atoms with Crippen molar-refractivity contribution in [1.29, 1.82) is 0 Å². The molecule has 2 heteroatoms. The predicted octanol–water partition coefficient (Wildman–Crippen LogP) is 2.88. The van der Waals surface area contributed by atoms with Gasteiger partial charge in [-0.25, -0.2) is 0 Å². The summed E-state index contributed by atoms with van der Waals surface area (Å²) in [5, 5.41) is 0. The minimum Gasteiger partial charge on any atom is -0.399 e. The smallest absolute Gasteiger partial charge is 0.0400 e. The van der Waals surface area contributed by atoms with Gasteiger partial charge in [-0.15, -0.1) is 0 Å². The largest absolute Gasteiger partial charge is 0.399 e. The summed E-state index contributed by atoms with van der Waals surface area (Å²) in [5.74, 6) is 0. The van der Waals surface area contributed by atoms with Crippen LogP contribution in [-0.2, 0) is 0 Å². The number of nitrogens with zero attached hydrogens (tertiary/aromatic N) is 1. The Morgan fingerprint density at radius 1 is 1.12 bits per heavy atom. The zero-order valence-electron chi connectivity index (χ0n) is 10.2. The first-order valence-corrected chi connectivity index (χ1v) is 6.21. The van der Waals surface area contributed by atoms with Gasteiger partial charge in [-0.3, -0.25) is 0 Å². The van der Waals surface area contributed by atoms with Crippen LogP contribution in [0.2, 0.25) is 0 Å². The van der Waals surface area contributed by atoms with E-state index in [2.05, 4.69) is 30.9 Å². The van der Waals surface area contributed by atoms with Crippen LogP contribution in [0, 0.1) is 19.3 Å². The van der Waals surface area contributed by atoms with E-state index in [1.165, 1.54) is 49.2 Å². The molecule has 1 aliphatic carbocycles. The highest BCUT2D eigenvalue weighted by Crippen LogP contribution is 2.50. The van der Waals surface area contributed by atoms with Crippen molar-refractivity contribution in [2.24, 2.45) is 5.41 Å². The molecule has 1 aliphatic heterocycles. The second-order valence-electron chi connectivity index (χ2n) is 5.70. The summed E-state index contributed by atoms with van der Waals surface area (Å²) in [6, 6.07) is 4.35. The number of aryl methyl sites for hydroxylation is 2. The highest BCUT2D eigenvalue weighted by Gasteiger charge is 2.47. The molecule has 0 amide bonds. The van der Waals surface area contributed by atoms with Gasteiger partial charge >= 0.3 is 0 Å². The van der Waals surface area contributed by atoms with Crippen molar-refractivity contribution in [3.05, 3.63) is 23.3 Å². The first kappa shape index (κ1) is 10.0. The maximum absolute atomic E-state index is 5.92. The lowest BCUT2D eigenvalue weighted by Gasteiger charge is -2.57.